The van der Waals surface area contributed by atoms with Gasteiger partial charge in [-0.1, -0.05) is 13.8 Å². The lowest BCUT2D eigenvalue weighted by Gasteiger charge is -2.46. The predicted octanol–water partition coefficient (Wildman–Crippen LogP) is 3.84. The van der Waals surface area contributed by atoms with Crippen LogP contribution in [0.1, 0.15) is 51.2 Å². The van der Waals surface area contributed by atoms with Gasteiger partial charge in [0, 0.05) is 12.0 Å². The molecule has 0 bridgehead atoms. The van der Waals surface area contributed by atoms with Crippen molar-refractivity contribution in [1.82, 2.24) is 0 Å². The number of rotatable bonds is 0. The number of ether oxygens (including phenoxy) is 1. The maximum atomic E-state index is 13.2. The highest BCUT2D eigenvalue weighted by atomic mass is 19.1. The van der Waals surface area contributed by atoms with E-state index in [4.69, 9.17) is 4.74 Å². The number of halogens is 1. The first-order valence-corrected chi connectivity index (χ1v) is 7.16. The number of hydrogen-bond acceptors (Lipinski definition) is 2. The zero-order chi connectivity index (χ0) is 13.6. The predicted molar refractivity (Wildman–Crippen MR) is 71.5 cm³/mol. The molecular weight excluding hydrogens is 243 g/mol. The second-order valence-corrected chi connectivity index (χ2v) is 6.38. The van der Waals surface area contributed by atoms with Crippen LogP contribution < -0.4 is 4.74 Å². The lowest BCUT2D eigenvalue weighted by molar-refractivity contribution is -0.0603. The van der Waals surface area contributed by atoms with E-state index in [1.54, 1.807) is 6.07 Å². The lowest BCUT2D eigenvalue weighted by atomic mass is 9.69. The topological polar surface area (TPSA) is 29.5 Å². The lowest BCUT2D eigenvalue weighted by Crippen LogP contribution is -2.46. The van der Waals surface area contributed by atoms with E-state index < -0.39 is 6.10 Å². The molecule has 2 nitrogen and oxygen atoms in total. The van der Waals surface area contributed by atoms with Crippen LogP contribution in [0.15, 0.2) is 18.2 Å². The molecule has 104 valence electrons. The third-order valence-electron chi connectivity index (χ3n) is 4.94. The van der Waals surface area contributed by atoms with Crippen molar-refractivity contribution in [2.24, 2.45) is 11.8 Å². The first-order chi connectivity index (χ1) is 8.99. The Morgan fingerprint density at radius 1 is 1.26 bits per heavy atom. The van der Waals surface area contributed by atoms with Gasteiger partial charge in [0.2, 0.25) is 0 Å². The third kappa shape index (κ3) is 2.25. The summed E-state index contributed by atoms with van der Waals surface area (Å²) in [5.74, 6) is 1.65. The molecule has 1 saturated carbocycles. The van der Waals surface area contributed by atoms with Crippen molar-refractivity contribution in [3.63, 3.8) is 0 Å². The van der Waals surface area contributed by atoms with Gasteiger partial charge in [0.25, 0.3) is 0 Å². The fourth-order valence-corrected chi connectivity index (χ4v) is 3.55. The largest absolute Gasteiger partial charge is 0.487 e. The Morgan fingerprint density at radius 2 is 2.05 bits per heavy atom. The van der Waals surface area contributed by atoms with Crippen molar-refractivity contribution in [1.29, 1.82) is 0 Å². The summed E-state index contributed by atoms with van der Waals surface area (Å²) in [6.07, 6.45) is 3.05. The molecule has 3 unspecified atom stereocenters. The van der Waals surface area contributed by atoms with Gasteiger partial charge in [-0.15, -0.1) is 0 Å². The minimum atomic E-state index is -0.611. The van der Waals surface area contributed by atoms with Gasteiger partial charge < -0.3 is 9.84 Å². The summed E-state index contributed by atoms with van der Waals surface area (Å²) in [5.41, 5.74) is 0.341. The molecule has 4 atom stereocenters. The second kappa shape index (κ2) is 4.48. The van der Waals surface area contributed by atoms with Crippen molar-refractivity contribution in [2.45, 2.75) is 51.2 Å². The maximum Gasteiger partial charge on any atom is 0.126 e. The van der Waals surface area contributed by atoms with Crippen LogP contribution >= 0.6 is 0 Å². The Morgan fingerprint density at radius 3 is 2.79 bits per heavy atom. The quantitative estimate of drug-likeness (QED) is 0.771. The average Bonchev–Trinajstić information content (AvgIpc) is 2.36. The van der Waals surface area contributed by atoms with Gasteiger partial charge in [-0.05, 0) is 49.3 Å². The number of aliphatic hydroxyl groups is 1. The van der Waals surface area contributed by atoms with Crippen LogP contribution in [-0.4, -0.2) is 10.7 Å². The highest BCUT2D eigenvalue weighted by Crippen LogP contribution is 2.48. The van der Waals surface area contributed by atoms with E-state index in [2.05, 4.69) is 13.8 Å². The Bertz CT molecular complexity index is 488. The summed E-state index contributed by atoms with van der Waals surface area (Å²) < 4.78 is 19.4. The van der Waals surface area contributed by atoms with Crippen molar-refractivity contribution in [2.75, 3.05) is 0 Å². The molecule has 1 heterocycles. The summed E-state index contributed by atoms with van der Waals surface area (Å²) in [6, 6.07) is 4.44. The van der Waals surface area contributed by atoms with E-state index in [1.165, 1.54) is 12.1 Å². The smallest absolute Gasteiger partial charge is 0.126 e. The monoisotopic (exact) mass is 264 g/mol. The van der Waals surface area contributed by atoms with E-state index in [1.807, 2.05) is 0 Å². The van der Waals surface area contributed by atoms with Gasteiger partial charge in [0.1, 0.15) is 17.2 Å². The molecule has 1 aliphatic carbocycles. The molecule has 0 aromatic heterocycles. The Hall–Kier alpha value is -1.09. The number of hydrogen-bond donors (Lipinski definition) is 1. The van der Waals surface area contributed by atoms with E-state index in [0.29, 0.717) is 29.6 Å². The van der Waals surface area contributed by atoms with E-state index in [-0.39, 0.29) is 11.4 Å². The van der Waals surface area contributed by atoms with Gasteiger partial charge in [-0.3, -0.25) is 0 Å². The van der Waals surface area contributed by atoms with Crippen molar-refractivity contribution < 1.29 is 14.2 Å². The van der Waals surface area contributed by atoms with E-state index in [0.717, 1.165) is 19.3 Å². The average molecular weight is 264 g/mol. The molecule has 3 rings (SSSR count). The van der Waals surface area contributed by atoms with E-state index in [9.17, 15) is 9.50 Å². The molecular formula is C16H21FO2. The second-order valence-electron chi connectivity index (χ2n) is 6.38. The summed E-state index contributed by atoms with van der Waals surface area (Å²) in [5, 5.41) is 10.3. The number of aliphatic hydroxyl groups excluding tert-OH is 1. The molecule has 1 spiro atoms. The zero-order valence-corrected chi connectivity index (χ0v) is 11.5. The molecule has 19 heavy (non-hydrogen) atoms. The summed E-state index contributed by atoms with van der Waals surface area (Å²) in [6.45, 7) is 4.53. The van der Waals surface area contributed by atoms with E-state index >= 15 is 0 Å². The Balaban J connectivity index is 1.90. The highest BCUT2D eigenvalue weighted by molar-refractivity contribution is 5.38. The van der Waals surface area contributed by atoms with Crippen LogP contribution in [0.25, 0.3) is 0 Å². The molecule has 1 fully saturated rings. The fourth-order valence-electron chi connectivity index (χ4n) is 3.55. The molecule has 1 N–H and O–H groups in total. The normalized spacial score (nSPS) is 37.8. The zero-order valence-electron chi connectivity index (χ0n) is 11.5. The van der Waals surface area contributed by atoms with Gasteiger partial charge in [0.05, 0.1) is 6.10 Å². The van der Waals surface area contributed by atoms with Crippen LogP contribution in [0.3, 0.4) is 0 Å². The summed E-state index contributed by atoms with van der Waals surface area (Å²) >= 11 is 0. The molecule has 0 amide bonds. The maximum absolute atomic E-state index is 13.2. The first-order valence-electron chi connectivity index (χ1n) is 7.16. The van der Waals surface area contributed by atoms with Gasteiger partial charge >= 0.3 is 0 Å². The van der Waals surface area contributed by atoms with Crippen LogP contribution in [0.5, 0.6) is 5.75 Å². The van der Waals surface area contributed by atoms with Gasteiger partial charge in [-0.2, -0.15) is 0 Å². The van der Waals surface area contributed by atoms with Gasteiger partial charge in [0.15, 0.2) is 0 Å². The highest BCUT2D eigenvalue weighted by Gasteiger charge is 2.44. The fraction of sp³-hybridized carbons (Fsp3) is 0.625. The molecule has 0 saturated heterocycles. The SMILES string of the molecule is CC1CCC2(CC1C)C[C@@H](O)c1cc(F)ccc1O2. The molecule has 0 radical (unpaired) electrons. The molecule has 3 heteroatoms. The molecule has 2 aliphatic rings. The third-order valence-corrected chi connectivity index (χ3v) is 4.94. The Labute approximate surface area is 113 Å². The number of benzene rings is 1. The molecule has 1 aromatic carbocycles. The van der Waals surface area contributed by atoms with Crippen LogP contribution in [0.4, 0.5) is 4.39 Å². The van der Waals surface area contributed by atoms with Crippen molar-refractivity contribution in [3.8, 4) is 5.75 Å². The minimum absolute atomic E-state index is 0.254. The molecule has 1 aromatic rings. The van der Waals surface area contributed by atoms with Crippen molar-refractivity contribution in [3.05, 3.63) is 29.6 Å². The minimum Gasteiger partial charge on any atom is -0.487 e. The summed E-state index contributed by atoms with van der Waals surface area (Å²) in [7, 11) is 0. The standard InChI is InChI=1S/C16H21FO2/c1-10-5-6-16(8-11(10)2)9-14(18)13-7-12(17)3-4-15(13)19-16/h3-4,7,10-11,14,18H,5-6,8-9H2,1-2H3/t10?,11?,14-,16?/m1/s1. The first kappa shape index (κ1) is 12.9. The molecule has 1 aliphatic heterocycles. The van der Waals surface area contributed by atoms with Crippen LogP contribution in [0, 0.1) is 17.7 Å². The number of fused-ring (bicyclic) bond motifs is 1. The van der Waals surface area contributed by atoms with Crippen molar-refractivity contribution >= 4 is 0 Å². The van der Waals surface area contributed by atoms with Crippen LogP contribution in [0.2, 0.25) is 0 Å². The summed E-state index contributed by atoms with van der Waals surface area (Å²) in [4.78, 5) is 0. The van der Waals surface area contributed by atoms with Gasteiger partial charge in [-0.25, -0.2) is 4.39 Å². The van der Waals surface area contributed by atoms with Crippen LogP contribution in [-0.2, 0) is 0 Å². The Kier molecular flexibility index (Phi) is 3.05.